The molecular weight excluding hydrogens is 362 g/mol. The number of hydrogen-bond donors (Lipinski definition) is 1. The Bertz CT molecular complexity index is 838. The van der Waals surface area contributed by atoms with E-state index in [0.29, 0.717) is 28.4 Å². The predicted octanol–water partition coefficient (Wildman–Crippen LogP) is 4.55. The second-order valence-corrected chi connectivity index (χ2v) is 7.57. The smallest absolute Gasteiger partial charge is 0.224 e. The summed E-state index contributed by atoms with van der Waals surface area (Å²) in [6.07, 6.45) is 0.309. The summed E-state index contributed by atoms with van der Waals surface area (Å²) in [6, 6.07) is 12.7. The van der Waals surface area contributed by atoms with Crippen molar-refractivity contribution in [2.75, 3.05) is 0 Å². The molecule has 0 atom stereocenters. The Hall–Kier alpha value is -1.95. The molecule has 122 valence electrons. The van der Waals surface area contributed by atoms with E-state index in [1.54, 1.807) is 12.1 Å². The highest BCUT2D eigenvalue weighted by Crippen LogP contribution is 2.21. The SMILES string of the molecule is O=C(Cc1ccc(Cl)cc1)NCc1ccc(C(=O)c2ccsc2)s1. The molecule has 1 N–H and O–H groups in total. The Kier molecular flexibility index (Phi) is 5.45. The second kappa shape index (κ2) is 7.75. The number of amides is 1. The highest BCUT2D eigenvalue weighted by Gasteiger charge is 2.12. The van der Waals surface area contributed by atoms with Crippen LogP contribution in [-0.2, 0) is 17.8 Å². The van der Waals surface area contributed by atoms with E-state index in [0.717, 1.165) is 10.4 Å². The van der Waals surface area contributed by atoms with Gasteiger partial charge < -0.3 is 5.32 Å². The minimum atomic E-state index is -0.0589. The van der Waals surface area contributed by atoms with Crippen LogP contribution in [-0.4, -0.2) is 11.7 Å². The summed E-state index contributed by atoms with van der Waals surface area (Å²) in [5.74, 6) is -0.0311. The van der Waals surface area contributed by atoms with Gasteiger partial charge in [-0.05, 0) is 41.3 Å². The van der Waals surface area contributed by atoms with E-state index >= 15 is 0 Å². The zero-order valence-corrected chi connectivity index (χ0v) is 15.0. The second-order valence-electron chi connectivity index (χ2n) is 5.19. The van der Waals surface area contributed by atoms with E-state index < -0.39 is 0 Å². The number of benzene rings is 1. The molecule has 3 rings (SSSR count). The Labute approximate surface area is 152 Å². The number of nitrogens with one attached hydrogen (secondary N) is 1. The number of halogens is 1. The van der Waals surface area contributed by atoms with E-state index in [1.807, 2.05) is 41.1 Å². The van der Waals surface area contributed by atoms with Crippen molar-refractivity contribution in [1.82, 2.24) is 5.32 Å². The first-order chi connectivity index (χ1) is 11.6. The molecule has 24 heavy (non-hydrogen) atoms. The molecule has 0 unspecified atom stereocenters. The maximum Gasteiger partial charge on any atom is 0.224 e. The summed E-state index contributed by atoms with van der Waals surface area (Å²) >= 11 is 8.74. The highest BCUT2D eigenvalue weighted by molar-refractivity contribution is 7.14. The van der Waals surface area contributed by atoms with Gasteiger partial charge in [0.2, 0.25) is 11.7 Å². The summed E-state index contributed by atoms with van der Waals surface area (Å²) in [7, 11) is 0. The van der Waals surface area contributed by atoms with Gasteiger partial charge in [0.25, 0.3) is 0 Å². The lowest BCUT2D eigenvalue weighted by Gasteiger charge is -2.04. The monoisotopic (exact) mass is 375 g/mol. The first kappa shape index (κ1) is 16.9. The van der Waals surface area contributed by atoms with Gasteiger partial charge in [0.1, 0.15) is 0 Å². The van der Waals surface area contributed by atoms with Crippen LogP contribution in [0.15, 0.2) is 53.2 Å². The van der Waals surface area contributed by atoms with Crippen molar-refractivity contribution >= 4 is 46.0 Å². The number of ketones is 1. The van der Waals surface area contributed by atoms with Gasteiger partial charge in [-0.3, -0.25) is 9.59 Å². The number of carbonyl (C=O) groups excluding carboxylic acids is 2. The van der Waals surface area contributed by atoms with Crippen molar-refractivity contribution in [3.8, 4) is 0 Å². The molecule has 0 fully saturated rings. The molecule has 0 aliphatic rings. The van der Waals surface area contributed by atoms with Crippen molar-refractivity contribution in [2.45, 2.75) is 13.0 Å². The Balaban J connectivity index is 1.54. The largest absolute Gasteiger partial charge is 0.351 e. The molecule has 0 saturated carbocycles. The van der Waals surface area contributed by atoms with Crippen molar-refractivity contribution < 1.29 is 9.59 Å². The van der Waals surface area contributed by atoms with E-state index in [-0.39, 0.29) is 11.7 Å². The highest BCUT2D eigenvalue weighted by atomic mass is 35.5. The summed E-state index contributed by atoms with van der Waals surface area (Å²) in [5.41, 5.74) is 1.62. The molecule has 2 heterocycles. The predicted molar refractivity (Wildman–Crippen MR) is 99.1 cm³/mol. The van der Waals surface area contributed by atoms with Crippen molar-refractivity contribution in [2.24, 2.45) is 0 Å². The normalized spacial score (nSPS) is 10.5. The molecule has 0 radical (unpaired) electrons. The molecule has 0 saturated heterocycles. The van der Waals surface area contributed by atoms with Gasteiger partial charge in [0.05, 0.1) is 17.8 Å². The molecule has 0 aliphatic carbocycles. The number of thiophene rings is 2. The van der Waals surface area contributed by atoms with Crippen LogP contribution in [0.4, 0.5) is 0 Å². The summed E-state index contributed by atoms with van der Waals surface area (Å²) < 4.78 is 0. The van der Waals surface area contributed by atoms with E-state index in [2.05, 4.69) is 5.32 Å². The Morgan fingerprint density at radius 2 is 1.83 bits per heavy atom. The van der Waals surface area contributed by atoms with E-state index in [9.17, 15) is 9.59 Å². The average Bonchev–Trinajstić information content (AvgIpc) is 3.26. The minimum absolute atomic E-state index is 0.0278. The Morgan fingerprint density at radius 1 is 1.04 bits per heavy atom. The maximum atomic E-state index is 12.2. The van der Waals surface area contributed by atoms with Crippen LogP contribution >= 0.6 is 34.3 Å². The minimum Gasteiger partial charge on any atom is -0.351 e. The lowest BCUT2D eigenvalue weighted by atomic mass is 10.1. The molecule has 2 aromatic heterocycles. The van der Waals surface area contributed by atoms with Gasteiger partial charge in [-0.25, -0.2) is 0 Å². The van der Waals surface area contributed by atoms with Gasteiger partial charge in [-0.1, -0.05) is 23.7 Å². The van der Waals surface area contributed by atoms with E-state index in [4.69, 9.17) is 11.6 Å². The van der Waals surface area contributed by atoms with Gasteiger partial charge in [-0.2, -0.15) is 11.3 Å². The lowest BCUT2D eigenvalue weighted by Crippen LogP contribution is -2.24. The fraction of sp³-hybridized carbons (Fsp3) is 0.111. The zero-order valence-electron chi connectivity index (χ0n) is 12.6. The Morgan fingerprint density at radius 3 is 2.54 bits per heavy atom. The third-order valence-corrected chi connectivity index (χ3v) is 5.43. The van der Waals surface area contributed by atoms with Gasteiger partial charge in [-0.15, -0.1) is 11.3 Å². The van der Waals surface area contributed by atoms with Crippen LogP contribution in [0.25, 0.3) is 0 Å². The third kappa shape index (κ3) is 4.32. The zero-order chi connectivity index (χ0) is 16.9. The van der Waals surface area contributed by atoms with Crippen LogP contribution in [0.1, 0.15) is 25.7 Å². The number of carbonyl (C=O) groups is 2. The molecule has 3 nitrogen and oxygen atoms in total. The molecule has 6 heteroatoms. The average molecular weight is 376 g/mol. The van der Waals surface area contributed by atoms with Crippen molar-refractivity contribution in [1.29, 1.82) is 0 Å². The van der Waals surface area contributed by atoms with Gasteiger partial charge in [0.15, 0.2) is 0 Å². The number of hydrogen-bond acceptors (Lipinski definition) is 4. The summed E-state index contributed by atoms with van der Waals surface area (Å²) in [6.45, 7) is 0.425. The molecule has 3 aromatic rings. The molecular formula is C18H14ClNO2S2. The fourth-order valence-electron chi connectivity index (χ4n) is 2.17. The van der Waals surface area contributed by atoms with Crippen molar-refractivity contribution in [3.05, 3.63) is 79.1 Å². The van der Waals surface area contributed by atoms with Crippen LogP contribution < -0.4 is 5.32 Å². The lowest BCUT2D eigenvalue weighted by molar-refractivity contribution is -0.120. The fourth-order valence-corrected chi connectivity index (χ4v) is 3.84. The molecule has 1 amide bonds. The molecule has 1 aromatic carbocycles. The number of rotatable bonds is 6. The van der Waals surface area contributed by atoms with Crippen LogP contribution in [0.3, 0.4) is 0 Å². The molecule has 0 aliphatic heterocycles. The maximum absolute atomic E-state index is 12.2. The summed E-state index contributed by atoms with van der Waals surface area (Å²) in [4.78, 5) is 25.9. The topological polar surface area (TPSA) is 46.2 Å². The standard InChI is InChI=1S/C18H14ClNO2S2/c19-14-3-1-12(2-4-14)9-17(21)20-10-15-5-6-16(24-15)18(22)13-7-8-23-11-13/h1-8,11H,9-10H2,(H,20,21). The first-order valence-corrected chi connectivity index (χ1v) is 9.42. The third-order valence-electron chi connectivity index (χ3n) is 3.41. The quantitative estimate of drug-likeness (QED) is 0.642. The van der Waals surface area contributed by atoms with Gasteiger partial charge >= 0.3 is 0 Å². The van der Waals surface area contributed by atoms with Crippen molar-refractivity contribution in [3.63, 3.8) is 0 Å². The molecule has 0 spiro atoms. The first-order valence-electron chi connectivity index (χ1n) is 7.28. The van der Waals surface area contributed by atoms with Crippen LogP contribution in [0.2, 0.25) is 5.02 Å². The van der Waals surface area contributed by atoms with Crippen LogP contribution in [0, 0.1) is 0 Å². The van der Waals surface area contributed by atoms with Crippen LogP contribution in [0.5, 0.6) is 0 Å². The summed E-state index contributed by atoms with van der Waals surface area (Å²) in [5, 5.41) is 7.26. The molecule has 0 bridgehead atoms. The van der Waals surface area contributed by atoms with E-state index in [1.165, 1.54) is 22.7 Å². The van der Waals surface area contributed by atoms with Gasteiger partial charge in [0, 0.05) is 20.8 Å².